The summed E-state index contributed by atoms with van der Waals surface area (Å²) in [4.78, 5) is 14.7. The number of nitrogens with one attached hydrogen (secondary N) is 1. The van der Waals surface area contributed by atoms with Crippen molar-refractivity contribution in [2.24, 2.45) is 0 Å². The number of hydrogen-bond acceptors (Lipinski definition) is 1. The molecule has 2 aromatic rings. The molecule has 1 aromatic heterocycles. The average Bonchev–Trinajstić information content (AvgIpc) is 2.69. The fraction of sp³-hybridized carbons (Fsp3) is 0. The number of aromatic nitrogens is 1. The third kappa shape index (κ3) is 1.87. The van der Waals surface area contributed by atoms with Crippen LogP contribution in [0.25, 0.3) is 0 Å². The number of halogens is 1. The molecule has 14 heavy (non-hydrogen) atoms. The van der Waals surface area contributed by atoms with E-state index in [0.717, 1.165) is 9.13 Å². The molecule has 70 valence electrons. The fourth-order valence-electron chi connectivity index (χ4n) is 1.26. The maximum atomic E-state index is 11.8. The molecule has 0 aliphatic rings. The van der Waals surface area contributed by atoms with Gasteiger partial charge in [0, 0.05) is 15.3 Å². The van der Waals surface area contributed by atoms with E-state index in [-0.39, 0.29) is 5.78 Å². The molecule has 0 atom stereocenters. The van der Waals surface area contributed by atoms with Gasteiger partial charge in [0.05, 0.1) is 5.69 Å². The van der Waals surface area contributed by atoms with Gasteiger partial charge in [0.1, 0.15) is 0 Å². The van der Waals surface area contributed by atoms with E-state index < -0.39 is 0 Å². The molecule has 1 N–H and O–H groups in total. The monoisotopic (exact) mass is 297 g/mol. The summed E-state index contributed by atoms with van der Waals surface area (Å²) in [5.41, 5.74) is 1.35. The summed E-state index contributed by atoms with van der Waals surface area (Å²) in [6.45, 7) is 0. The van der Waals surface area contributed by atoms with E-state index in [0.29, 0.717) is 5.69 Å². The van der Waals surface area contributed by atoms with E-state index in [1.54, 1.807) is 12.3 Å². The summed E-state index contributed by atoms with van der Waals surface area (Å²) in [6, 6.07) is 11.2. The minimum absolute atomic E-state index is 0.0357. The molecule has 0 aliphatic heterocycles. The van der Waals surface area contributed by atoms with E-state index in [2.05, 4.69) is 27.6 Å². The van der Waals surface area contributed by atoms with Crippen LogP contribution in [0.1, 0.15) is 16.1 Å². The quantitative estimate of drug-likeness (QED) is 0.671. The van der Waals surface area contributed by atoms with Crippen molar-refractivity contribution in [2.45, 2.75) is 0 Å². The third-order valence-corrected chi connectivity index (χ3v) is 2.60. The Labute approximate surface area is 95.5 Å². The van der Waals surface area contributed by atoms with Crippen molar-refractivity contribution in [3.63, 3.8) is 0 Å². The highest BCUT2D eigenvalue weighted by molar-refractivity contribution is 14.1. The van der Waals surface area contributed by atoms with Gasteiger partial charge in [0.25, 0.3) is 0 Å². The average molecular weight is 297 g/mol. The van der Waals surface area contributed by atoms with Gasteiger partial charge in [-0.1, -0.05) is 12.1 Å². The first kappa shape index (κ1) is 9.45. The van der Waals surface area contributed by atoms with Crippen molar-refractivity contribution in [2.75, 3.05) is 0 Å². The molecule has 0 saturated carbocycles. The van der Waals surface area contributed by atoms with Crippen LogP contribution in [0.4, 0.5) is 0 Å². The number of benzene rings is 1. The molecule has 1 heterocycles. The second-order valence-electron chi connectivity index (χ2n) is 2.92. The predicted molar refractivity (Wildman–Crippen MR) is 63.4 cm³/mol. The lowest BCUT2D eigenvalue weighted by Crippen LogP contribution is -2.01. The Morgan fingerprint density at radius 3 is 2.71 bits per heavy atom. The Bertz CT molecular complexity index is 448. The van der Waals surface area contributed by atoms with Gasteiger partial charge >= 0.3 is 0 Å². The van der Waals surface area contributed by atoms with Crippen molar-refractivity contribution in [3.8, 4) is 0 Å². The van der Waals surface area contributed by atoms with Gasteiger partial charge in [-0.25, -0.2) is 0 Å². The minimum Gasteiger partial charge on any atom is -0.359 e. The second kappa shape index (κ2) is 3.96. The number of rotatable bonds is 2. The van der Waals surface area contributed by atoms with Gasteiger partial charge in [-0.2, -0.15) is 0 Å². The lowest BCUT2D eigenvalue weighted by Gasteiger charge is -1.98. The molecule has 0 saturated heterocycles. The molecular formula is C11H8INO. The SMILES string of the molecule is O=C(c1cccc(I)c1)c1ccc[nH]1. The van der Waals surface area contributed by atoms with E-state index in [1.165, 1.54) is 0 Å². The maximum Gasteiger partial charge on any atom is 0.209 e. The van der Waals surface area contributed by atoms with E-state index in [1.807, 2.05) is 30.3 Å². The number of carbonyl (C=O) groups is 1. The Morgan fingerprint density at radius 2 is 2.07 bits per heavy atom. The first-order valence-corrected chi connectivity index (χ1v) is 5.29. The number of H-pyrrole nitrogens is 1. The van der Waals surface area contributed by atoms with E-state index in [9.17, 15) is 4.79 Å². The van der Waals surface area contributed by atoms with Crippen LogP contribution in [0.15, 0.2) is 42.6 Å². The highest BCUT2D eigenvalue weighted by atomic mass is 127. The minimum atomic E-state index is 0.0357. The van der Waals surface area contributed by atoms with Gasteiger partial charge < -0.3 is 4.98 Å². The zero-order chi connectivity index (χ0) is 9.97. The number of hydrogen-bond donors (Lipinski definition) is 1. The topological polar surface area (TPSA) is 32.9 Å². The molecule has 0 bridgehead atoms. The molecular weight excluding hydrogens is 289 g/mol. The van der Waals surface area contributed by atoms with Gasteiger partial charge in [-0.15, -0.1) is 0 Å². The van der Waals surface area contributed by atoms with Crippen LogP contribution in [0.3, 0.4) is 0 Å². The summed E-state index contributed by atoms with van der Waals surface area (Å²) in [6.07, 6.45) is 1.75. The van der Waals surface area contributed by atoms with Crippen LogP contribution in [0.5, 0.6) is 0 Å². The van der Waals surface area contributed by atoms with Crippen molar-refractivity contribution in [1.29, 1.82) is 0 Å². The highest BCUT2D eigenvalue weighted by Crippen LogP contribution is 2.11. The molecule has 0 aliphatic carbocycles. The van der Waals surface area contributed by atoms with Crippen LogP contribution < -0.4 is 0 Å². The van der Waals surface area contributed by atoms with Crippen LogP contribution in [0.2, 0.25) is 0 Å². The molecule has 3 heteroatoms. The molecule has 2 rings (SSSR count). The van der Waals surface area contributed by atoms with E-state index in [4.69, 9.17) is 0 Å². The fourth-order valence-corrected chi connectivity index (χ4v) is 1.80. The van der Waals surface area contributed by atoms with E-state index >= 15 is 0 Å². The first-order valence-electron chi connectivity index (χ1n) is 4.21. The smallest absolute Gasteiger partial charge is 0.209 e. The molecule has 0 radical (unpaired) electrons. The van der Waals surface area contributed by atoms with Crippen molar-refractivity contribution in [1.82, 2.24) is 4.98 Å². The summed E-state index contributed by atoms with van der Waals surface area (Å²) in [7, 11) is 0. The Morgan fingerprint density at radius 1 is 1.21 bits per heavy atom. The largest absolute Gasteiger partial charge is 0.359 e. The molecule has 0 fully saturated rings. The first-order chi connectivity index (χ1) is 6.77. The number of aromatic amines is 1. The lowest BCUT2D eigenvalue weighted by molar-refractivity contribution is 0.103. The molecule has 1 aromatic carbocycles. The van der Waals surface area contributed by atoms with Crippen LogP contribution in [-0.4, -0.2) is 10.8 Å². The van der Waals surface area contributed by atoms with Crippen molar-refractivity contribution < 1.29 is 4.79 Å². The third-order valence-electron chi connectivity index (χ3n) is 1.93. The zero-order valence-corrected chi connectivity index (χ0v) is 9.49. The standard InChI is InChI=1S/C11H8INO/c12-9-4-1-3-8(7-9)11(14)10-5-2-6-13-10/h1-7,13H. The lowest BCUT2D eigenvalue weighted by atomic mass is 10.1. The van der Waals surface area contributed by atoms with Crippen LogP contribution in [-0.2, 0) is 0 Å². The van der Waals surface area contributed by atoms with Crippen LogP contribution in [0, 0.1) is 3.57 Å². The Hall–Kier alpha value is -1.10. The maximum absolute atomic E-state index is 11.8. The second-order valence-corrected chi connectivity index (χ2v) is 4.17. The summed E-state index contributed by atoms with van der Waals surface area (Å²) in [5, 5.41) is 0. The molecule has 2 nitrogen and oxygen atoms in total. The normalized spacial score (nSPS) is 10.1. The summed E-state index contributed by atoms with van der Waals surface area (Å²) < 4.78 is 1.07. The summed E-state index contributed by atoms with van der Waals surface area (Å²) in [5.74, 6) is 0.0357. The Kier molecular flexibility index (Phi) is 2.67. The van der Waals surface area contributed by atoms with Gasteiger partial charge in [-0.05, 0) is 46.9 Å². The van der Waals surface area contributed by atoms with Gasteiger partial charge in [-0.3, -0.25) is 4.79 Å². The Balaban J connectivity index is 2.37. The summed E-state index contributed by atoms with van der Waals surface area (Å²) >= 11 is 2.19. The van der Waals surface area contributed by atoms with Crippen molar-refractivity contribution in [3.05, 3.63) is 57.4 Å². The molecule has 0 amide bonds. The molecule has 0 unspecified atom stereocenters. The van der Waals surface area contributed by atoms with Gasteiger partial charge in [0.2, 0.25) is 5.78 Å². The zero-order valence-electron chi connectivity index (χ0n) is 7.33. The highest BCUT2D eigenvalue weighted by Gasteiger charge is 2.08. The van der Waals surface area contributed by atoms with Crippen molar-refractivity contribution >= 4 is 28.4 Å². The number of carbonyl (C=O) groups excluding carboxylic acids is 1. The predicted octanol–water partition coefficient (Wildman–Crippen LogP) is 2.85. The van der Waals surface area contributed by atoms with Crippen LogP contribution >= 0.6 is 22.6 Å². The van der Waals surface area contributed by atoms with Gasteiger partial charge in [0.15, 0.2) is 0 Å². The number of ketones is 1. The molecule has 0 spiro atoms.